The number of hydrogen-bond donors (Lipinski definition) is 3. The van der Waals surface area contributed by atoms with Gasteiger partial charge >= 0.3 is 5.69 Å². The molecule has 2 rings (SSSR count). The Labute approximate surface area is 133 Å². The first-order valence-electron chi connectivity index (χ1n) is 7.51. The lowest BCUT2D eigenvalue weighted by atomic mass is 9.88. The number of nitrogens with one attached hydrogen (secondary N) is 2. The van der Waals surface area contributed by atoms with Gasteiger partial charge in [-0.05, 0) is 25.0 Å². The highest BCUT2D eigenvalue weighted by Crippen LogP contribution is 2.14. The number of rotatable bonds is 5. The predicted octanol–water partition coefficient (Wildman–Crippen LogP) is 0.179. The van der Waals surface area contributed by atoms with E-state index in [-0.39, 0.29) is 19.0 Å². The van der Waals surface area contributed by atoms with E-state index in [1.165, 1.54) is 0 Å². The Morgan fingerprint density at radius 2 is 2.00 bits per heavy atom. The predicted molar refractivity (Wildman–Crippen MR) is 89.3 cm³/mol. The Morgan fingerprint density at radius 3 is 2.61 bits per heavy atom. The van der Waals surface area contributed by atoms with Gasteiger partial charge in [0.05, 0.1) is 16.4 Å². The van der Waals surface area contributed by atoms with Crippen molar-refractivity contribution in [2.75, 3.05) is 6.54 Å². The van der Waals surface area contributed by atoms with Gasteiger partial charge < -0.3 is 16.0 Å². The van der Waals surface area contributed by atoms with Gasteiger partial charge in [0, 0.05) is 6.54 Å². The van der Waals surface area contributed by atoms with Gasteiger partial charge in [-0.1, -0.05) is 26.0 Å². The first-order valence-corrected chi connectivity index (χ1v) is 7.51. The van der Waals surface area contributed by atoms with E-state index in [1.807, 2.05) is 20.8 Å². The highest BCUT2D eigenvalue weighted by atomic mass is 16.2. The molecule has 2 aromatic rings. The molecule has 7 heteroatoms. The fourth-order valence-corrected chi connectivity index (χ4v) is 2.28. The summed E-state index contributed by atoms with van der Waals surface area (Å²) in [7, 11) is 0. The van der Waals surface area contributed by atoms with Gasteiger partial charge in [-0.2, -0.15) is 0 Å². The van der Waals surface area contributed by atoms with Crippen LogP contribution < -0.4 is 22.3 Å². The molecule has 0 radical (unpaired) electrons. The third-order valence-electron chi connectivity index (χ3n) is 4.31. The van der Waals surface area contributed by atoms with Gasteiger partial charge in [0.2, 0.25) is 5.91 Å². The number of para-hydroxylation sites is 1. The van der Waals surface area contributed by atoms with Crippen LogP contribution in [0.1, 0.15) is 20.8 Å². The minimum absolute atomic E-state index is 0.114. The van der Waals surface area contributed by atoms with E-state index in [4.69, 9.17) is 5.73 Å². The minimum atomic E-state index is -0.608. The zero-order chi connectivity index (χ0) is 17.2. The topological polar surface area (TPSA) is 110 Å². The number of aromatic amines is 1. The molecule has 0 aliphatic rings. The average molecular weight is 318 g/mol. The first kappa shape index (κ1) is 17.0. The Kier molecular flexibility index (Phi) is 4.70. The molecule has 1 aromatic carbocycles. The summed E-state index contributed by atoms with van der Waals surface area (Å²) >= 11 is 0. The molecule has 4 N–H and O–H groups in total. The van der Waals surface area contributed by atoms with E-state index in [2.05, 4.69) is 10.3 Å². The molecule has 1 heterocycles. The van der Waals surface area contributed by atoms with Crippen LogP contribution >= 0.6 is 0 Å². The zero-order valence-electron chi connectivity index (χ0n) is 13.6. The maximum absolute atomic E-state index is 12.4. The van der Waals surface area contributed by atoms with Crippen molar-refractivity contribution in [2.24, 2.45) is 11.7 Å². The SMILES string of the molecule is CC(C)C(C)(CN)NC(=O)Cn1c(=O)[nH]c2ccccc2c1=O. The number of carbonyl (C=O) groups is 1. The molecule has 1 amide bonds. The monoisotopic (exact) mass is 318 g/mol. The minimum Gasteiger partial charge on any atom is -0.348 e. The largest absolute Gasteiger partial charge is 0.348 e. The van der Waals surface area contributed by atoms with Crippen molar-refractivity contribution >= 4 is 16.8 Å². The molecule has 23 heavy (non-hydrogen) atoms. The van der Waals surface area contributed by atoms with Crippen LogP contribution in [0.4, 0.5) is 0 Å². The number of amides is 1. The molecule has 0 saturated heterocycles. The quantitative estimate of drug-likeness (QED) is 0.730. The van der Waals surface area contributed by atoms with E-state index in [9.17, 15) is 14.4 Å². The van der Waals surface area contributed by atoms with Crippen LogP contribution in [0.2, 0.25) is 0 Å². The lowest BCUT2D eigenvalue weighted by Crippen LogP contribution is -2.56. The number of hydrogen-bond acceptors (Lipinski definition) is 4. The molecular formula is C16H22N4O3. The van der Waals surface area contributed by atoms with E-state index in [0.717, 1.165) is 4.57 Å². The van der Waals surface area contributed by atoms with Crippen molar-refractivity contribution in [1.82, 2.24) is 14.9 Å². The van der Waals surface area contributed by atoms with E-state index in [1.54, 1.807) is 24.3 Å². The fourth-order valence-electron chi connectivity index (χ4n) is 2.28. The maximum atomic E-state index is 12.4. The zero-order valence-corrected chi connectivity index (χ0v) is 13.6. The Balaban J connectivity index is 2.34. The molecule has 0 aliphatic heterocycles. The van der Waals surface area contributed by atoms with E-state index in [0.29, 0.717) is 10.9 Å². The standard InChI is InChI=1S/C16H22N4O3/c1-10(2)16(3,9-17)19-13(21)8-20-14(22)11-6-4-5-7-12(11)18-15(20)23/h4-7,10H,8-9,17H2,1-3H3,(H,18,23)(H,19,21). The summed E-state index contributed by atoms with van der Waals surface area (Å²) in [6.45, 7) is 5.65. The molecule has 0 saturated carbocycles. The molecule has 1 atom stereocenters. The van der Waals surface area contributed by atoms with Crippen LogP contribution in [0.15, 0.2) is 33.9 Å². The van der Waals surface area contributed by atoms with Gasteiger partial charge in [-0.3, -0.25) is 14.2 Å². The van der Waals surface area contributed by atoms with E-state index < -0.39 is 22.7 Å². The van der Waals surface area contributed by atoms with Crippen molar-refractivity contribution in [2.45, 2.75) is 32.9 Å². The van der Waals surface area contributed by atoms with Crippen LogP contribution in [0.5, 0.6) is 0 Å². The second-order valence-electron chi connectivity index (χ2n) is 6.19. The van der Waals surface area contributed by atoms with Crippen molar-refractivity contribution < 1.29 is 4.79 Å². The number of nitrogens with zero attached hydrogens (tertiary/aromatic N) is 1. The summed E-state index contributed by atoms with van der Waals surface area (Å²) in [5.41, 5.74) is 4.50. The van der Waals surface area contributed by atoms with Crippen molar-refractivity contribution in [3.63, 3.8) is 0 Å². The second-order valence-corrected chi connectivity index (χ2v) is 6.19. The van der Waals surface area contributed by atoms with Crippen LogP contribution in [-0.4, -0.2) is 27.5 Å². The third-order valence-corrected chi connectivity index (χ3v) is 4.31. The Hall–Kier alpha value is -2.41. The van der Waals surface area contributed by atoms with Crippen molar-refractivity contribution in [1.29, 1.82) is 0 Å². The number of fused-ring (bicyclic) bond motifs is 1. The van der Waals surface area contributed by atoms with Crippen LogP contribution in [-0.2, 0) is 11.3 Å². The van der Waals surface area contributed by atoms with Crippen LogP contribution in [0.25, 0.3) is 10.9 Å². The van der Waals surface area contributed by atoms with Gasteiger partial charge in [0.1, 0.15) is 6.54 Å². The second kappa shape index (κ2) is 6.37. The van der Waals surface area contributed by atoms with Crippen LogP contribution in [0, 0.1) is 5.92 Å². The molecule has 1 aromatic heterocycles. The lowest BCUT2D eigenvalue weighted by molar-refractivity contribution is -0.124. The average Bonchev–Trinajstić information content (AvgIpc) is 2.51. The summed E-state index contributed by atoms with van der Waals surface area (Å²) in [4.78, 5) is 39.3. The number of nitrogens with two attached hydrogens (primary N) is 1. The first-order chi connectivity index (χ1) is 10.8. The van der Waals surface area contributed by atoms with E-state index >= 15 is 0 Å². The molecular weight excluding hydrogens is 296 g/mol. The van der Waals surface area contributed by atoms with Gasteiger partial charge in [-0.15, -0.1) is 0 Å². The van der Waals surface area contributed by atoms with Gasteiger partial charge in [0.15, 0.2) is 0 Å². The fraction of sp³-hybridized carbons (Fsp3) is 0.438. The summed E-state index contributed by atoms with van der Waals surface area (Å²) in [5, 5.41) is 3.18. The molecule has 0 aliphatic carbocycles. The molecule has 0 spiro atoms. The number of carbonyl (C=O) groups excluding carboxylic acids is 1. The molecule has 0 fully saturated rings. The third kappa shape index (κ3) is 3.34. The molecule has 124 valence electrons. The van der Waals surface area contributed by atoms with Crippen molar-refractivity contribution in [3.05, 3.63) is 45.1 Å². The lowest BCUT2D eigenvalue weighted by Gasteiger charge is -2.33. The van der Waals surface area contributed by atoms with Crippen LogP contribution in [0.3, 0.4) is 0 Å². The maximum Gasteiger partial charge on any atom is 0.329 e. The number of aromatic nitrogens is 2. The van der Waals surface area contributed by atoms with Crippen molar-refractivity contribution in [3.8, 4) is 0 Å². The summed E-state index contributed by atoms with van der Waals surface area (Å²) in [6.07, 6.45) is 0. The van der Waals surface area contributed by atoms with Gasteiger partial charge in [0.25, 0.3) is 5.56 Å². The Bertz CT molecular complexity index is 837. The summed E-state index contributed by atoms with van der Waals surface area (Å²) in [5.74, 6) is -0.308. The Morgan fingerprint density at radius 1 is 1.35 bits per heavy atom. The number of H-pyrrole nitrogens is 1. The summed E-state index contributed by atoms with van der Waals surface area (Å²) in [6, 6.07) is 6.69. The van der Waals surface area contributed by atoms with Gasteiger partial charge in [-0.25, -0.2) is 4.79 Å². The molecule has 0 bridgehead atoms. The highest BCUT2D eigenvalue weighted by Gasteiger charge is 2.28. The highest BCUT2D eigenvalue weighted by molar-refractivity contribution is 5.79. The summed E-state index contributed by atoms with van der Waals surface area (Å²) < 4.78 is 0.898. The smallest absolute Gasteiger partial charge is 0.329 e. The molecule has 1 unspecified atom stereocenters. The molecule has 7 nitrogen and oxygen atoms in total. The number of benzene rings is 1. The normalized spacial score (nSPS) is 14.0.